The standard InChI is InChI=1S/C6H13Cl3S/c1-4-5-6(2,3)10(7,8)9/h4-5H2,1-3H3. The second kappa shape index (κ2) is 3.75. The lowest BCUT2D eigenvalue weighted by molar-refractivity contribution is 0.627. The third-order valence-electron chi connectivity index (χ3n) is 1.48. The summed E-state index contributed by atoms with van der Waals surface area (Å²) in [5.41, 5.74) is 0. The molecule has 0 amide bonds. The third kappa shape index (κ3) is 3.08. The molecule has 0 aromatic carbocycles. The fourth-order valence-electron chi connectivity index (χ4n) is 0.718. The molecule has 0 aromatic rings. The summed E-state index contributed by atoms with van der Waals surface area (Å²) in [7, 11) is 15.5. The Bertz CT molecular complexity index is 106. The molecule has 0 fully saturated rings. The quantitative estimate of drug-likeness (QED) is 0.643. The van der Waals surface area contributed by atoms with Gasteiger partial charge in [0.15, 0.2) is 0 Å². The first-order valence-electron chi connectivity index (χ1n) is 3.23. The molecule has 0 aliphatic rings. The van der Waals surface area contributed by atoms with Crippen molar-refractivity contribution < 1.29 is 0 Å². The first-order chi connectivity index (χ1) is 4.31. The van der Waals surface area contributed by atoms with Gasteiger partial charge >= 0.3 is 0 Å². The zero-order valence-corrected chi connectivity index (χ0v) is 9.54. The summed E-state index contributed by atoms with van der Waals surface area (Å²) in [5, 5.41) is 0. The van der Waals surface area contributed by atoms with Gasteiger partial charge in [-0.25, -0.2) is 0 Å². The predicted octanol–water partition coefficient (Wildman–Crippen LogP) is 4.83. The van der Waals surface area contributed by atoms with Crippen molar-refractivity contribution in [1.82, 2.24) is 0 Å². The molecular formula is C6H13Cl3S. The maximum atomic E-state index is 5.82. The fraction of sp³-hybridized carbons (Fsp3) is 1.00. The highest BCUT2D eigenvalue weighted by Crippen LogP contribution is 2.72. The summed E-state index contributed by atoms with van der Waals surface area (Å²) < 4.78 is -0.133. The van der Waals surface area contributed by atoms with Crippen molar-refractivity contribution in [3.63, 3.8) is 0 Å². The van der Waals surface area contributed by atoms with E-state index in [1.807, 2.05) is 13.8 Å². The molecule has 0 aliphatic heterocycles. The van der Waals surface area contributed by atoms with E-state index in [0.29, 0.717) is 0 Å². The van der Waals surface area contributed by atoms with Gasteiger partial charge in [-0.05, 0) is 52.3 Å². The van der Waals surface area contributed by atoms with Gasteiger partial charge in [0.1, 0.15) is 0 Å². The van der Waals surface area contributed by atoms with Crippen molar-refractivity contribution in [2.75, 3.05) is 0 Å². The van der Waals surface area contributed by atoms with E-state index < -0.39 is 7.67 Å². The van der Waals surface area contributed by atoms with Crippen molar-refractivity contribution >= 4 is 39.7 Å². The van der Waals surface area contributed by atoms with Crippen LogP contribution in [0.25, 0.3) is 0 Å². The third-order valence-corrected chi connectivity index (χ3v) is 6.70. The van der Waals surface area contributed by atoms with Gasteiger partial charge in [0.05, 0.1) is 0 Å². The van der Waals surface area contributed by atoms with Gasteiger partial charge in [0.2, 0.25) is 0 Å². The average molecular weight is 224 g/mol. The van der Waals surface area contributed by atoms with Gasteiger partial charge < -0.3 is 0 Å². The van der Waals surface area contributed by atoms with Gasteiger partial charge in [0, 0.05) is 12.4 Å². The molecule has 0 heterocycles. The number of hydrogen-bond donors (Lipinski definition) is 0. The molecule has 0 aliphatic carbocycles. The topological polar surface area (TPSA) is 0 Å². The Morgan fingerprint density at radius 3 is 1.70 bits per heavy atom. The zero-order chi connectivity index (χ0) is 8.41. The number of halogens is 3. The minimum Gasteiger partial charge on any atom is -0.0653 e. The van der Waals surface area contributed by atoms with Crippen LogP contribution < -0.4 is 0 Å². The number of rotatable bonds is 3. The molecule has 64 valence electrons. The van der Waals surface area contributed by atoms with Crippen molar-refractivity contribution in [2.24, 2.45) is 0 Å². The summed E-state index contributed by atoms with van der Waals surface area (Å²) in [4.78, 5) is 0. The molecule has 0 bridgehead atoms. The lowest BCUT2D eigenvalue weighted by Crippen LogP contribution is -2.18. The molecule has 0 nitrogen and oxygen atoms in total. The van der Waals surface area contributed by atoms with Crippen LogP contribution in [-0.4, -0.2) is 4.75 Å². The van der Waals surface area contributed by atoms with E-state index >= 15 is 0 Å². The van der Waals surface area contributed by atoms with E-state index in [2.05, 4.69) is 6.92 Å². The van der Waals surface area contributed by atoms with Crippen LogP contribution >= 0.6 is 39.7 Å². The van der Waals surface area contributed by atoms with Gasteiger partial charge in [-0.3, -0.25) is 0 Å². The monoisotopic (exact) mass is 222 g/mol. The number of hydrogen-bond acceptors (Lipinski definition) is 0. The SMILES string of the molecule is CCCC(C)(C)S(Cl)(Cl)Cl. The second-order valence-corrected chi connectivity index (χ2v) is 10.4. The lowest BCUT2D eigenvalue weighted by atomic mass is 10.1. The molecule has 0 rings (SSSR count). The highest BCUT2D eigenvalue weighted by atomic mass is 36.2. The lowest BCUT2D eigenvalue weighted by Gasteiger charge is -2.35. The van der Waals surface area contributed by atoms with Crippen molar-refractivity contribution in [3.8, 4) is 0 Å². The minimum absolute atomic E-state index is 0.133. The van der Waals surface area contributed by atoms with Crippen LogP contribution in [0.3, 0.4) is 0 Å². The van der Waals surface area contributed by atoms with E-state index in [-0.39, 0.29) is 4.75 Å². The Morgan fingerprint density at radius 2 is 1.60 bits per heavy atom. The van der Waals surface area contributed by atoms with E-state index in [4.69, 9.17) is 32.0 Å². The van der Waals surface area contributed by atoms with Crippen LogP contribution in [0, 0.1) is 0 Å². The molecule has 4 heteroatoms. The molecule has 10 heavy (non-hydrogen) atoms. The van der Waals surface area contributed by atoms with E-state index in [1.165, 1.54) is 0 Å². The van der Waals surface area contributed by atoms with Gasteiger partial charge in [-0.1, -0.05) is 13.3 Å². The fourth-order valence-corrected chi connectivity index (χ4v) is 1.85. The van der Waals surface area contributed by atoms with Crippen LogP contribution in [0.15, 0.2) is 0 Å². The van der Waals surface area contributed by atoms with E-state index in [1.54, 1.807) is 0 Å². The van der Waals surface area contributed by atoms with Gasteiger partial charge in [-0.15, -0.1) is 0 Å². The second-order valence-electron chi connectivity index (χ2n) is 2.92. The molecule has 0 atom stereocenters. The van der Waals surface area contributed by atoms with Gasteiger partial charge in [-0.2, -0.15) is 0 Å². The molecular weight excluding hydrogens is 210 g/mol. The van der Waals surface area contributed by atoms with E-state index in [9.17, 15) is 0 Å². The smallest absolute Gasteiger partial charge is 0.0333 e. The molecule has 0 spiro atoms. The Balaban J connectivity index is 4.10. The predicted molar refractivity (Wildman–Crippen MR) is 54.1 cm³/mol. The highest BCUT2D eigenvalue weighted by molar-refractivity contribution is 8.79. The van der Waals surface area contributed by atoms with Crippen molar-refractivity contribution in [1.29, 1.82) is 0 Å². The Kier molecular flexibility index (Phi) is 4.21. The van der Waals surface area contributed by atoms with Gasteiger partial charge in [0.25, 0.3) is 0 Å². The van der Waals surface area contributed by atoms with Crippen LogP contribution in [-0.2, 0) is 0 Å². The first-order valence-corrected chi connectivity index (χ1v) is 7.34. The largest absolute Gasteiger partial charge is 0.0653 e. The summed E-state index contributed by atoms with van der Waals surface area (Å²) in [6.45, 7) is 6.09. The minimum atomic E-state index is -1.95. The summed E-state index contributed by atoms with van der Waals surface area (Å²) in [5.74, 6) is 0. The maximum absolute atomic E-state index is 5.82. The summed E-state index contributed by atoms with van der Waals surface area (Å²) >= 11 is 0. The molecule has 0 radical (unpaired) electrons. The maximum Gasteiger partial charge on any atom is 0.0333 e. The summed E-state index contributed by atoms with van der Waals surface area (Å²) in [6, 6.07) is 0. The van der Waals surface area contributed by atoms with Crippen molar-refractivity contribution in [3.05, 3.63) is 0 Å². The van der Waals surface area contributed by atoms with Crippen molar-refractivity contribution in [2.45, 2.75) is 38.4 Å². The first kappa shape index (κ1) is 11.2. The normalized spacial score (nSPS) is 15.4. The molecule has 0 saturated heterocycles. The van der Waals surface area contributed by atoms with Crippen LogP contribution in [0.2, 0.25) is 0 Å². The Morgan fingerprint density at radius 1 is 1.20 bits per heavy atom. The zero-order valence-electron chi connectivity index (χ0n) is 6.46. The molecule has 0 unspecified atom stereocenters. The molecule has 0 saturated carbocycles. The summed E-state index contributed by atoms with van der Waals surface area (Å²) in [6.07, 6.45) is 2.03. The van der Waals surface area contributed by atoms with Crippen LogP contribution in [0.5, 0.6) is 0 Å². The van der Waals surface area contributed by atoms with Crippen LogP contribution in [0.1, 0.15) is 33.6 Å². The van der Waals surface area contributed by atoms with Crippen LogP contribution in [0.4, 0.5) is 0 Å². The highest BCUT2D eigenvalue weighted by Gasteiger charge is 2.34. The molecule has 0 aromatic heterocycles. The Hall–Kier alpha value is 1.22. The molecule has 0 N–H and O–H groups in total. The average Bonchev–Trinajstić information content (AvgIpc) is 1.61. The Labute approximate surface area is 78.0 Å². The van der Waals surface area contributed by atoms with E-state index in [0.717, 1.165) is 12.8 Å².